The highest BCUT2D eigenvalue weighted by Gasteiger charge is 2.24. The number of nitrogens with zero attached hydrogens (tertiary/aromatic N) is 1. The fraction of sp³-hybridized carbons (Fsp3) is 0.556. The number of hydrogen-bond donors (Lipinski definition) is 0. The Bertz CT molecular complexity index is 652. The predicted octanol–water partition coefficient (Wildman–Crippen LogP) is 6.16. The first-order valence-electron chi connectivity index (χ1n) is 11.1. The predicted molar refractivity (Wildman–Crippen MR) is 124 cm³/mol. The molecular formula is C27H38NO+. The number of ether oxygens (including phenoxy) is 1. The molecule has 0 radical (unpaired) electrons. The molecule has 2 heteroatoms. The average Bonchev–Trinajstić information content (AvgIpc) is 2.73. The summed E-state index contributed by atoms with van der Waals surface area (Å²) in [4.78, 5) is 0. The zero-order valence-corrected chi connectivity index (χ0v) is 18.3. The van der Waals surface area contributed by atoms with E-state index in [9.17, 15) is 0 Å². The van der Waals surface area contributed by atoms with Crippen LogP contribution in [0.2, 0.25) is 0 Å². The van der Waals surface area contributed by atoms with Crippen LogP contribution in [-0.2, 0) is 6.54 Å². The molecule has 0 bridgehead atoms. The van der Waals surface area contributed by atoms with Gasteiger partial charge in [-0.25, -0.2) is 4.48 Å². The lowest BCUT2D eigenvalue weighted by Gasteiger charge is -2.27. The van der Waals surface area contributed by atoms with Crippen LogP contribution < -0.4 is 4.74 Å². The van der Waals surface area contributed by atoms with Crippen molar-refractivity contribution in [2.24, 2.45) is 0 Å². The summed E-state index contributed by atoms with van der Waals surface area (Å²) < 4.78 is 6.14. The van der Waals surface area contributed by atoms with Crippen molar-refractivity contribution in [1.82, 2.24) is 0 Å². The van der Waals surface area contributed by atoms with E-state index in [1.54, 1.807) is 0 Å². The molecular weight excluding hydrogens is 354 g/mol. The minimum atomic E-state index is 0.270. The summed E-state index contributed by atoms with van der Waals surface area (Å²) in [5, 5.41) is 0. The number of terminal acetylenes is 3. The van der Waals surface area contributed by atoms with Crippen molar-refractivity contribution in [3.63, 3.8) is 0 Å². The van der Waals surface area contributed by atoms with E-state index >= 15 is 0 Å². The lowest BCUT2D eigenvalue weighted by Crippen LogP contribution is -2.43. The number of benzene rings is 1. The molecule has 0 amide bonds. The van der Waals surface area contributed by atoms with Crippen LogP contribution in [-0.4, -0.2) is 24.2 Å². The molecule has 2 nitrogen and oxygen atoms in total. The van der Waals surface area contributed by atoms with Crippen LogP contribution in [0.15, 0.2) is 24.3 Å². The first-order chi connectivity index (χ1) is 14.2. The smallest absolute Gasteiger partial charge is 0.153 e. The van der Waals surface area contributed by atoms with Gasteiger partial charge in [0.05, 0.1) is 6.61 Å². The van der Waals surface area contributed by atoms with E-state index in [1.807, 2.05) is 24.3 Å². The van der Waals surface area contributed by atoms with Gasteiger partial charge in [-0.3, -0.25) is 0 Å². The van der Waals surface area contributed by atoms with Gasteiger partial charge in [0.1, 0.15) is 18.3 Å². The van der Waals surface area contributed by atoms with Crippen molar-refractivity contribution in [2.75, 3.05) is 19.7 Å². The third kappa shape index (κ3) is 10.7. The molecule has 0 saturated heterocycles. The lowest BCUT2D eigenvalue weighted by atomic mass is 10.1. The van der Waals surface area contributed by atoms with Crippen LogP contribution in [0.5, 0.6) is 5.75 Å². The molecule has 0 aliphatic carbocycles. The van der Waals surface area contributed by atoms with Gasteiger partial charge >= 0.3 is 0 Å². The molecule has 0 fully saturated rings. The minimum Gasteiger partial charge on any atom is -0.494 e. The summed E-state index contributed by atoms with van der Waals surface area (Å²) in [5.74, 6) is 6.20. The van der Waals surface area contributed by atoms with Crippen molar-refractivity contribution in [3.05, 3.63) is 29.8 Å². The first-order valence-corrected chi connectivity index (χ1v) is 11.1. The molecule has 0 unspecified atom stereocenters. The molecule has 156 valence electrons. The molecule has 0 N–H and O–H groups in total. The van der Waals surface area contributed by atoms with Crippen molar-refractivity contribution in [1.29, 1.82) is 0 Å². The zero-order chi connectivity index (χ0) is 21.2. The molecule has 0 aliphatic heterocycles. The standard InChI is InChI=1S/C27H38NO/c1-5-9-10-11-12-13-14-15-16-17-24-29-27-20-18-26(19-21-27)25-28(8-4,22-6-2)23-7-3/h2-4,18-21H,5,9-17,22-25H2,1H3/q+1. The second kappa shape index (κ2) is 15.6. The van der Waals surface area contributed by atoms with Gasteiger partial charge in [0.25, 0.3) is 0 Å². The van der Waals surface area contributed by atoms with Gasteiger partial charge in [0.2, 0.25) is 0 Å². The first kappa shape index (κ1) is 24.7. The van der Waals surface area contributed by atoms with Crippen LogP contribution >= 0.6 is 0 Å². The fourth-order valence-electron chi connectivity index (χ4n) is 3.47. The van der Waals surface area contributed by atoms with Crippen LogP contribution in [0.4, 0.5) is 0 Å². The summed E-state index contributed by atoms with van der Waals surface area (Å²) in [6.45, 7) is 4.52. The van der Waals surface area contributed by atoms with E-state index in [2.05, 4.69) is 24.8 Å². The molecule has 0 aromatic heterocycles. The van der Waals surface area contributed by atoms with Crippen LogP contribution in [0, 0.1) is 37.2 Å². The van der Waals surface area contributed by atoms with E-state index in [0.717, 1.165) is 24.3 Å². The minimum absolute atomic E-state index is 0.270. The normalized spacial score (nSPS) is 10.7. The molecule has 1 rings (SSSR count). The highest BCUT2D eigenvalue weighted by molar-refractivity contribution is 5.27. The van der Waals surface area contributed by atoms with Crippen LogP contribution in [0.25, 0.3) is 0 Å². The number of rotatable bonds is 16. The van der Waals surface area contributed by atoms with Crippen molar-refractivity contribution in [3.8, 4) is 42.9 Å². The second-order valence-corrected chi connectivity index (χ2v) is 7.83. The van der Waals surface area contributed by atoms with Gasteiger partial charge in [-0.2, -0.15) is 0 Å². The fourth-order valence-corrected chi connectivity index (χ4v) is 3.47. The van der Waals surface area contributed by atoms with E-state index in [0.29, 0.717) is 19.6 Å². The molecule has 1 aromatic carbocycles. The van der Waals surface area contributed by atoms with Gasteiger partial charge in [-0.1, -0.05) is 71.1 Å². The Balaban J connectivity index is 2.24. The molecule has 0 spiro atoms. The van der Waals surface area contributed by atoms with Gasteiger partial charge in [0, 0.05) is 5.56 Å². The molecule has 0 saturated carbocycles. The van der Waals surface area contributed by atoms with Crippen LogP contribution in [0.1, 0.15) is 76.7 Å². The maximum atomic E-state index is 5.87. The Labute approximate surface area is 179 Å². The zero-order valence-electron chi connectivity index (χ0n) is 18.3. The largest absolute Gasteiger partial charge is 0.494 e. The van der Waals surface area contributed by atoms with Crippen molar-refractivity contribution in [2.45, 2.75) is 77.7 Å². The van der Waals surface area contributed by atoms with E-state index < -0.39 is 0 Å². The molecule has 1 aromatic rings. The quantitative estimate of drug-likeness (QED) is 0.186. The number of unbranched alkanes of at least 4 members (excludes halogenated alkanes) is 9. The van der Waals surface area contributed by atoms with Crippen LogP contribution in [0.3, 0.4) is 0 Å². The van der Waals surface area contributed by atoms with Gasteiger partial charge in [-0.15, -0.1) is 12.8 Å². The highest BCUT2D eigenvalue weighted by atomic mass is 16.5. The number of quaternary nitrogens is 1. The van der Waals surface area contributed by atoms with E-state index in [4.69, 9.17) is 24.0 Å². The molecule has 0 aliphatic rings. The Kier molecular flexibility index (Phi) is 13.3. The topological polar surface area (TPSA) is 9.23 Å². The summed E-state index contributed by atoms with van der Waals surface area (Å²) in [6.07, 6.45) is 30.0. The molecule has 29 heavy (non-hydrogen) atoms. The highest BCUT2D eigenvalue weighted by Crippen LogP contribution is 2.18. The van der Waals surface area contributed by atoms with Crippen molar-refractivity contribution < 1.29 is 9.22 Å². The Morgan fingerprint density at radius 2 is 1.28 bits per heavy atom. The summed E-state index contributed by atoms with van der Waals surface area (Å²) >= 11 is 0. The number of hydrogen-bond acceptors (Lipinski definition) is 1. The third-order valence-electron chi connectivity index (χ3n) is 5.24. The SMILES string of the molecule is C#CC[N+](C#C)(CC#C)Cc1ccc(OCCCCCCCCCCCC)cc1. The van der Waals surface area contributed by atoms with E-state index in [-0.39, 0.29) is 4.48 Å². The Hall–Kier alpha value is -2.34. The molecule has 0 heterocycles. The summed E-state index contributed by atoms with van der Waals surface area (Å²) in [7, 11) is 0. The summed E-state index contributed by atoms with van der Waals surface area (Å²) in [5.41, 5.74) is 1.11. The monoisotopic (exact) mass is 392 g/mol. The third-order valence-corrected chi connectivity index (χ3v) is 5.24. The Morgan fingerprint density at radius 1 is 0.759 bits per heavy atom. The summed E-state index contributed by atoms with van der Waals surface area (Å²) in [6, 6.07) is 10.9. The average molecular weight is 393 g/mol. The lowest BCUT2D eigenvalue weighted by molar-refractivity contribution is -0.862. The second-order valence-electron chi connectivity index (χ2n) is 7.83. The van der Waals surface area contributed by atoms with Crippen molar-refractivity contribution >= 4 is 0 Å². The van der Waals surface area contributed by atoms with Gasteiger partial charge < -0.3 is 4.74 Å². The maximum absolute atomic E-state index is 5.87. The van der Waals surface area contributed by atoms with E-state index in [1.165, 1.54) is 57.8 Å². The van der Waals surface area contributed by atoms with Gasteiger partial charge in [-0.05, 0) is 42.5 Å². The maximum Gasteiger partial charge on any atom is 0.153 e. The Morgan fingerprint density at radius 3 is 1.76 bits per heavy atom. The molecule has 0 atom stereocenters. The van der Waals surface area contributed by atoms with Gasteiger partial charge in [0.15, 0.2) is 13.1 Å².